The number of benzene rings is 1. The molecule has 6 heteroatoms. The number of nitrogens with one attached hydrogen (secondary N) is 1. The molecule has 0 spiro atoms. The lowest BCUT2D eigenvalue weighted by atomic mass is 10.2. The van der Waals surface area contributed by atoms with E-state index in [0.717, 1.165) is 25.9 Å². The standard InChI is InChI=1S/C17H19N3O3/c1-2-23-17(22)13-5-7-15(8-6-13)19-16(21)14(11-18)12-20-9-3-4-10-20/h5-8,12H,2-4,9-10H2,1H3,(H,19,21)/b14-12-. The molecule has 1 aromatic carbocycles. The zero-order chi connectivity index (χ0) is 16.7. The minimum Gasteiger partial charge on any atom is -0.462 e. The molecular weight excluding hydrogens is 294 g/mol. The van der Waals surface area contributed by atoms with Gasteiger partial charge in [0.25, 0.3) is 5.91 Å². The van der Waals surface area contributed by atoms with Crippen molar-refractivity contribution in [2.45, 2.75) is 19.8 Å². The van der Waals surface area contributed by atoms with E-state index in [1.54, 1.807) is 37.4 Å². The maximum absolute atomic E-state index is 12.1. The van der Waals surface area contributed by atoms with Gasteiger partial charge < -0.3 is 15.0 Å². The van der Waals surface area contributed by atoms with E-state index in [4.69, 9.17) is 10.00 Å². The van der Waals surface area contributed by atoms with E-state index in [2.05, 4.69) is 5.32 Å². The second kappa shape index (κ2) is 7.99. The fraction of sp³-hybridized carbons (Fsp3) is 0.353. The van der Waals surface area contributed by atoms with Gasteiger partial charge in [-0.2, -0.15) is 5.26 Å². The molecule has 0 aromatic heterocycles. The Bertz CT molecular complexity index is 638. The molecule has 1 aliphatic rings. The monoisotopic (exact) mass is 313 g/mol. The molecule has 0 bridgehead atoms. The molecule has 1 aliphatic heterocycles. The highest BCUT2D eigenvalue weighted by Gasteiger charge is 2.14. The van der Waals surface area contributed by atoms with Gasteiger partial charge in [0.2, 0.25) is 0 Å². The molecule has 2 rings (SSSR count). The molecule has 6 nitrogen and oxygen atoms in total. The number of hydrogen-bond donors (Lipinski definition) is 1. The number of anilines is 1. The summed E-state index contributed by atoms with van der Waals surface area (Å²) < 4.78 is 4.89. The lowest BCUT2D eigenvalue weighted by molar-refractivity contribution is -0.112. The van der Waals surface area contributed by atoms with Crippen molar-refractivity contribution in [3.63, 3.8) is 0 Å². The van der Waals surface area contributed by atoms with Gasteiger partial charge in [0.15, 0.2) is 0 Å². The third-order valence-corrected chi connectivity index (χ3v) is 3.47. The second-order valence-electron chi connectivity index (χ2n) is 5.15. The molecule has 0 aliphatic carbocycles. The molecule has 1 saturated heterocycles. The number of nitrogens with zero attached hydrogens (tertiary/aromatic N) is 2. The normalized spacial score (nSPS) is 14.3. The lowest BCUT2D eigenvalue weighted by Gasteiger charge is -2.12. The van der Waals surface area contributed by atoms with Gasteiger partial charge in [0.05, 0.1) is 12.2 Å². The molecule has 1 fully saturated rings. The largest absolute Gasteiger partial charge is 0.462 e. The Morgan fingerprint density at radius 2 is 1.96 bits per heavy atom. The molecule has 0 unspecified atom stereocenters. The van der Waals surface area contributed by atoms with Gasteiger partial charge in [-0.05, 0) is 44.0 Å². The van der Waals surface area contributed by atoms with Crippen LogP contribution in [0.25, 0.3) is 0 Å². The van der Waals surface area contributed by atoms with Crippen molar-refractivity contribution in [2.75, 3.05) is 25.0 Å². The van der Waals surface area contributed by atoms with Gasteiger partial charge in [-0.25, -0.2) is 4.79 Å². The van der Waals surface area contributed by atoms with Crippen LogP contribution in [0.3, 0.4) is 0 Å². The maximum atomic E-state index is 12.1. The van der Waals surface area contributed by atoms with Crippen molar-refractivity contribution in [2.24, 2.45) is 0 Å². The molecule has 120 valence electrons. The maximum Gasteiger partial charge on any atom is 0.338 e. The molecule has 23 heavy (non-hydrogen) atoms. The summed E-state index contributed by atoms with van der Waals surface area (Å²) in [5.74, 6) is -0.861. The van der Waals surface area contributed by atoms with Crippen molar-refractivity contribution >= 4 is 17.6 Å². The topological polar surface area (TPSA) is 82.4 Å². The van der Waals surface area contributed by atoms with Crippen LogP contribution in [-0.4, -0.2) is 36.5 Å². The summed E-state index contributed by atoms with van der Waals surface area (Å²) in [7, 11) is 0. The molecule has 1 aromatic rings. The highest BCUT2D eigenvalue weighted by atomic mass is 16.5. The van der Waals surface area contributed by atoms with Gasteiger partial charge in [-0.1, -0.05) is 0 Å². The lowest BCUT2D eigenvalue weighted by Crippen LogP contribution is -2.18. The van der Waals surface area contributed by atoms with Crippen LogP contribution in [-0.2, 0) is 9.53 Å². The molecule has 1 heterocycles. The fourth-order valence-corrected chi connectivity index (χ4v) is 2.29. The first kappa shape index (κ1) is 16.6. The predicted molar refractivity (Wildman–Crippen MR) is 85.5 cm³/mol. The zero-order valence-corrected chi connectivity index (χ0v) is 13.0. The Balaban J connectivity index is 2.01. The summed E-state index contributed by atoms with van der Waals surface area (Å²) in [6, 6.07) is 8.29. The summed E-state index contributed by atoms with van der Waals surface area (Å²) in [5.41, 5.74) is 1.00. The summed E-state index contributed by atoms with van der Waals surface area (Å²) in [6.07, 6.45) is 3.76. The van der Waals surface area contributed by atoms with Crippen molar-refractivity contribution in [1.29, 1.82) is 5.26 Å². The Morgan fingerprint density at radius 3 is 2.52 bits per heavy atom. The second-order valence-corrected chi connectivity index (χ2v) is 5.15. The number of ether oxygens (including phenoxy) is 1. The molecule has 0 radical (unpaired) electrons. The van der Waals surface area contributed by atoms with Crippen LogP contribution in [0, 0.1) is 11.3 Å². The Morgan fingerprint density at radius 1 is 1.30 bits per heavy atom. The SMILES string of the molecule is CCOC(=O)c1ccc(NC(=O)/C(C#N)=C\N2CCCC2)cc1. The van der Waals surface area contributed by atoms with Crippen LogP contribution >= 0.6 is 0 Å². The van der Waals surface area contributed by atoms with Crippen LogP contribution in [0.5, 0.6) is 0 Å². The van der Waals surface area contributed by atoms with E-state index in [1.165, 1.54) is 0 Å². The van der Waals surface area contributed by atoms with Gasteiger partial charge in [-0.15, -0.1) is 0 Å². The van der Waals surface area contributed by atoms with Crippen LogP contribution < -0.4 is 5.32 Å². The molecule has 0 atom stereocenters. The Hall–Kier alpha value is -2.81. The minimum atomic E-state index is -0.455. The van der Waals surface area contributed by atoms with Crippen molar-refractivity contribution in [3.8, 4) is 6.07 Å². The smallest absolute Gasteiger partial charge is 0.338 e. The van der Waals surface area contributed by atoms with E-state index in [9.17, 15) is 9.59 Å². The predicted octanol–water partition coefficient (Wildman–Crippen LogP) is 2.31. The zero-order valence-electron chi connectivity index (χ0n) is 13.0. The Kier molecular flexibility index (Phi) is 5.75. The van der Waals surface area contributed by atoms with Gasteiger partial charge >= 0.3 is 5.97 Å². The van der Waals surface area contributed by atoms with E-state index in [1.807, 2.05) is 11.0 Å². The Labute approximate surface area is 135 Å². The number of carbonyl (C=O) groups is 2. The van der Waals surface area contributed by atoms with E-state index in [-0.39, 0.29) is 5.57 Å². The fourth-order valence-electron chi connectivity index (χ4n) is 2.29. The first-order valence-corrected chi connectivity index (χ1v) is 7.58. The number of likely N-dealkylation sites (tertiary alicyclic amines) is 1. The average Bonchev–Trinajstić information content (AvgIpc) is 3.06. The quantitative estimate of drug-likeness (QED) is 0.512. The number of hydrogen-bond acceptors (Lipinski definition) is 5. The highest BCUT2D eigenvalue weighted by Crippen LogP contribution is 2.13. The summed E-state index contributed by atoms with van der Waals surface area (Å²) >= 11 is 0. The minimum absolute atomic E-state index is 0.0707. The van der Waals surface area contributed by atoms with Crippen molar-refractivity contribution < 1.29 is 14.3 Å². The van der Waals surface area contributed by atoms with Crippen molar-refractivity contribution in [1.82, 2.24) is 4.90 Å². The van der Waals surface area contributed by atoms with Gasteiger partial charge in [0.1, 0.15) is 11.6 Å². The number of rotatable bonds is 5. The molecule has 1 amide bonds. The number of amides is 1. The van der Waals surface area contributed by atoms with Crippen LogP contribution in [0.2, 0.25) is 0 Å². The van der Waals surface area contributed by atoms with Crippen LogP contribution in [0.4, 0.5) is 5.69 Å². The van der Waals surface area contributed by atoms with Gasteiger partial charge in [0, 0.05) is 25.0 Å². The third kappa shape index (κ3) is 4.58. The van der Waals surface area contributed by atoms with Crippen LogP contribution in [0.1, 0.15) is 30.1 Å². The number of esters is 1. The van der Waals surface area contributed by atoms with Gasteiger partial charge in [-0.3, -0.25) is 4.79 Å². The molecular formula is C17H19N3O3. The number of carbonyl (C=O) groups excluding carboxylic acids is 2. The molecule has 0 saturated carbocycles. The third-order valence-electron chi connectivity index (χ3n) is 3.47. The molecule has 1 N–H and O–H groups in total. The summed E-state index contributed by atoms with van der Waals surface area (Å²) in [5, 5.41) is 11.8. The van der Waals surface area contributed by atoms with Crippen molar-refractivity contribution in [3.05, 3.63) is 41.6 Å². The van der Waals surface area contributed by atoms with E-state index < -0.39 is 11.9 Å². The summed E-state index contributed by atoms with van der Waals surface area (Å²) in [6.45, 7) is 3.78. The first-order chi connectivity index (χ1) is 11.1. The van der Waals surface area contributed by atoms with E-state index in [0.29, 0.717) is 17.9 Å². The van der Waals surface area contributed by atoms with Crippen LogP contribution in [0.15, 0.2) is 36.0 Å². The first-order valence-electron chi connectivity index (χ1n) is 7.58. The number of nitriles is 1. The summed E-state index contributed by atoms with van der Waals surface area (Å²) in [4.78, 5) is 25.7. The van der Waals surface area contributed by atoms with E-state index >= 15 is 0 Å². The highest BCUT2D eigenvalue weighted by molar-refractivity contribution is 6.06. The average molecular weight is 313 g/mol.